The molecule has 0 saturated heterocycles. The van der Waals surface area contributed by atoms with Gasteiger partial charge in [0.2, 0.25) is 0 Å². The molecule has 26 heavy (non-hydrogen) atoms. The first-order valence-corrected chi connectivity index (χ1v) is 9.34. The van der Waals surface area contributed by atoms with Crippen LogP contribution in [0.2, 0.25) is 0 Å². The summed E-state index contributed by atoms with van der Waals surface area (Å²) in [6.07, 6.45) is -0.539. The van der Waals surface area contributed by atoms with Gasteiger partial charge >= 0.3 is 5.97 Å². The molecule has 0 aliphatic heterocycles. The molecule has 2 rings (SSSR count). The molecule has 0 bridgehead atoms. The average Bonchev–Trinajstić information content (AvgIpc) is 2.98. The number of ether oxygens (including phenoxy) is 2. The van der Waals surface area contributed by atoms with Gasteiger partial charge in [-0.15, -0.1) is 11.3 Å². The van der Waals surface area contributed by atoms with E-state index in [0.717, 1.165) is 27.7 Å². The Balaban J connectivity index is 1.79. The number of rotatable bonds is 9. The van der Waals surface area contributed by atoms with E-state index in [1.54, 1.807) is 0 Å². The highest BCUT2D eigenvalue weighted by Crippen LogP contribution is 2.24. The minimum atomic E-state index is -0.539. The van der Waals surface area contributed by atoms with Crippen molar-refractivity contribution >= 4 is 17.3 Å². The van der Waals surface area contributed by atoms with Gasteiger partial charge in [-0.3, -0.25) is 0 Å². The summed E-state index contributed by atoms with van der Waals surface area (Å²) in [4.78, 5) is 16.4. The molecule has 0 saturated carbocycles. The summed E-state index contributed by atoms with van der Waals surface area (Å²) in [5.41, 5.74) is 2.06. The van der Waals surface area contributed by atoms with Crippen molar-refractivity contribution in [3.8, 4) is 5.75 Å². The van der Waals surface area contributed by atoms with Crippen molar-refractivity contribution in [1.82, 2.24) is 10.3 Å². The molecule has 1 aromatic carbocycles. The molecule has 2 atom stereocenters. The van der Waals surface area contributed by atoms with Crippen LogP contribution in [-0.2, 0) is 9.53 Å². The van der Waals surface area contributed by atoms with Crippen LogP contribution in [-0.4, -0.2) is 42.9 Å². The molecule has 1 heterocycles. The summed E-state index contributed by atoms with van der Waals surface area (Å²) >= 11 is 1.54. The molecule has 2 unspecified atom stereocenters. The van der Waals surface area contributed by atoms with Crippen molar-refractivity contribution in [2.75, 3.05) is 26.8 Å². The maximum atomic E-state index is 11.1. The Kier molecular flexibility index (Phi) is 7.56. The quantitative estimate of drug-likeness (QED) is 0.653. The summed E-state index contributed by atoms with van der Waals surface area (Å²) in [6, 6.07) is 7.64. The fourth-order valence-corrected chi connectivity index (χ4v) is 3.51. The molecule has 0 aliphatic rings. The van der Waals surface area contributed by atoms with Crippen molar-refractivity contribution in [3.05, 3.63) is 45.4 Å². The second-order valence-corrected chi connectivity index (χ2v) is 7.43. The van der Waals surface area contributed by atoms with Gasteiger partial charge in [0.1, 0.15) is 11.9 Å². The second-order valence-electron chi connectivity index (χ2n) is 6.19. The van der Waals surface area contributed by atoms with Gasteiger partial charge in [-0.1, -0.05) is 19.1 Å². The van der Waals surface area contributed by atoms with Crippen LogP contribution in [0.1, 0.15) is 40.1 Å². The first-order valence-electron chi connectivity index (χ1n) is 8.53. The van der Waals surface area contributed by atoms with Crippen LogP contribution in [0.25, 0.3) is 0 Å². The van der Waals surface area contributed by atoms with Gasteiger partial charge in [-0.05, 0) is 37.5 Å². The Hall–Kier alpha value is -1.96. The third-order valence-corrected chi connectivity index (χ3v) is 5.24. The number of hydrogen-bond acceptors (Lipinski definition) is 7. The van der Waals surface area contributed by atoms with E-state index < -0.39 is 12.1 Å². The summed E-state index contributed by atoms with van der Waals surface area (Å²) < 4.78 is 9.88. The first kappa shape index (κ1) is 20.4. The summed E-state index contributed by atoms with van der Waals surface area (Å²) in [5, 5.41) is 14.6. The number of thiazole rings is 1. The number of nitrogens with zero attached hydrogens (tertiary/aromatic N) is 1. The minimum absolute atomic E-state index is 0.0959. The Morgan fingerprint density at radius 1 is 1.27 bits per heavy atom. The monoisotopic (exact) mass is 378 g/mol. The SMILES string of the molecule is COC(=O)COc1ccc(C(C)CNCC(O)c2sc(C)nc2C)cc1. The van der Waals surface area contributed by atoms with Crippen molar-refractivity contribution in [2.45, 2.75) is 32.8 Å². The normalized spacial score (nSPS) is 13.3. The Morgan fingerprint density at radius 2 is 1.96 bits per heavy atom. The van der Waals surface area contributed by atoms with Crippen LogP contribution in [0.5, 0.6) is 5.75 Å². The van der Waals surface area contributed by atoms with E-state index in [0.29, 0.717) is 12.3 Å². The molecule has 0 fully saturated rings. The van der Waals surface area contributed by atoms with Crippen molar-refractivity contribution in [2.24, 2.45) is 0 Å². The smallest absolute Gasteiger partial charge is 0.343 e. The van der Waals surface area contributed by atoms with Crippen LogP contribution in [0.15, 0.2) is 24.3 Å². The van der Waals surface area contributed by atoms with Crippen molar-refractivity contribution < 1.29 is 19.4 Å². The fourth-order valence-electron chi connectivity index (χ4n) is 2.60. The van der Waals surface area contributed by atoms with Crippen LogP contribution < -0.4 is 10.1 Å². The predicted molar refractivity (Wildman–Crippen MR) is 102 cm³/mol. The number of aromatic nitrogens is 1. The summed E-state index contributed by atoms with van der Waals surface area (Å²) in [7, 11) is 1.33. The Bertz CT molecular complexity index is 715. The first-order chi connectivity index (χ1) is 12.4. The van der Waals surface area contributed by atoms with E-state index in [1.165, 1.54) is 18.4 Å². The average molecular weight is 378 g/mol. The van der Waals surface area contributed by atoms with E-state index in [-0.39, 0.29) is 12.5 Å². The van der Waals surface area contributed by atoms with Gasteiger partial charge in [0.15, 0.2) is 6.61 Å². The second kappa shape index (κ2) is 9.66. The lowest BCUT2D eigenvalue weighted by Crippen LogP contribution is -2.25. The third kappa shape index (κ3) is 5.79. The Labute approximate surface area is 158 Å². The third-order valence-electron chi connectivity index (χ3n) is 4.06. The molecular weight excluding hydrogens is 352 g/mol. The molecule has 0 spiro atoms. The number of esters is 1. The lowest BCUT2D eigenvalue weighted by molar-refractivity contribution is -0.142. The standard InChI is InChI=1S/C19H26N2O4S/c1-12(9-20-10-17(22)19-13(2)21-14(3)26-19)15-5-7-16(8-6-15)25-11-18(23)24-4/h5-8,12,17,20,22H,9-11H2,1-4H3. The molecule has 2 aromatic rings. The van der Waals surface area contributed by atoms with Gasteiger partial charge in [0.05, 0.1) is 22.7 Å². The number of aryl methyl sites for hydroxylation is 2. The lowest BCUT2D eigenvalue weighted by Gasteiger charge is -2.16. The number of hydrogen-bond donors (Lipinski definition) is 2. The zero-order valence-electron chi connectivity index (χ0n) is 15.6. The lowest BCUT2D eigenvalue weighted by atomic mass is 10.0. The molecule has 0 aliphatic carbocycles. The zero-order valence-corrected chi connectivity index (χ0v) is 16.4. The van der Waals surface area contributed by atoms with Gasteiger partial charge in [-0.25, -0.2) is 9.78 Å². The highest BCUT2D eigenvalue weighted by atomic mass is 32.1. The molecule has 7 heteroatoms. The largest absolute Gasteiger partial charge is 0.482 e. The maximum Gasteiger partial charge on any atom is 0.343 e. The molecule has 2 N–H and O–H groups in total. The zero-order chi connectivity index (χ0) is 19.1. The number of carbonyl (C=O) groups excluding carboxylic acids is 1. The van der Waals surface area contributed by atoms with E-state index in [2.05, 4.69) is 22.0 Å². The van der Waals surface area contributed by atoms with Crippen molar-refractivity contribution in [1.29, 1.82) is 0 Å². The summed E-state index contributed by atoms with van der Waals surface area (Å²) in [6.45, 7) is 7.13. The minimum Gasteiger partial charge on any atom is -0.482 e. The number of aliphatic hydroxyl groups is 1. The van der Waals surface area contributed by atoms with Crippen LogP contribution in [0.3, 0.4) is 0 Å². The molecule has 0 radical (unpaired) electrons. The number of methoxy groups -OCH3 is 1. The van der Waals surface area contributed by atoms with E-state index >= 15 is 0 Å². The van der Waals surface area contributed by atoms with Gasteiger partial charge in [-0.2, -0.15) is 0 Å². The van der Waals surface area contributed by atoms with Crippen LogP contribution in [0, 0.1) is 13.8 Å². The molecule has 0 amide bonds. The molecule has 142 valence electrons. The van der Waals surface area contributed by atoms with Crippen LogP contribution >= 0.6 is 11.3 Å². The molecule has 1 aromatic heterocycles. The predicted octanol–water partition coefficient (Wildman–Crippen LogP) is 2.74. The fraction of sp³-hybridized carbons (Fsp3) is 0.474. The topological polar surface area (TPSA) is 80.7 Å². The number of carbonyl (C=O) groups is 1. The number of benzene rings is 1. The van der Waals surface area contributed by atoms with Gasteiger partial charge in [0, 0.05) is 13.1 Å². The van der Waals surface area contributed by atoms with E-state index in [1.807, 2.05) is 38.1 Å². The van der Waals surface area contributed by atoms with E-state index in [4.69, 9.17) is 4.74 Å². The highest BCUT2D eigenvalue weighted by Gasteiger charge is 2.15. The van der Waals surface area contributed by atoms with Crippen molar-refractivity contribution in [3.63, 3.8) is 0 Å². The Morgan fingerprint density at radius 3 is 2.54 bits per heavy atom. The van der Waals surface area contributed by atoms with Crippen LogP contribution in [0.4, 0.5) is 0 Å². The highest BCUT2D eigenvalue weighted by molar-refractivity contribution is 7.11. The number of nitrogens with one attached hydrogen (secondary N) is 1. The van der Waals surface area contributed by atoms with Gasteiger partial charge in [0.25, 0.3) is 0 Å². The molecule has 6 nitrogen and oxygen atoms in total. The summed E-state index contributed by atoms with van der Waals surface area (Å²) in [5.74, 6) is 0.503. The number of aliphatic hydroxyl groups excluding tert-OH is 1. The van der Waals surface area contributed by atoms with Gasteiger partial charge < -0.3 is 19.9 Å². The maximum absolute atomic E-state index is 11.1. The molecular formula is C19H26N2O4S. The van der Waals surface area contributed by atoms with E-state index in [9.17, 15) is 9.90 Å².